The number of aromatic nitrogens is 1. The number of ether oxygens (including phenoxy) is 2. The molecule has 0 unspecified atom stereocenters. The lowest BCUT2D eigenvalue weighted by atomic mass is 10.0. The molecule has 3 aromatic rings. The predicted octanol–water partition coefficient (Wildman–Crippen LogP) is 3.20. The number of amides is 1. The SMILES string of the molecule is O=C(c1scc2c1OCCO2)N1CCc2[nH]c3ccccc3c2C1. The Morgan fingerprint density at radius 1 is 1.21 bits per heavy atom. The Morgan fingerprint density at radius 2 is 2.08 bits per heavy atom. The van der Waals surface area contributed by atoms with Gasteiger partial charge in [0.25, 0.3) is 5.91 Å². The molecule has 1 aromatic carbocycles. The number of aromatic amines is 1. The third kappa shape index (κ3) is 2.03. The maximum atomic E-state index is 13.0. The van der Waals surface area contributed by atoms with Crippen molar-refractivity contribution in [2.24, 2.45) is 0 Å². The number of para-hydroxylation sites is 1. The molecule has 0 bridgehead atoms. The number of rotatable bonds is 1. The van der Waals surface area contributed by atoms with Gasteiger partial charge in [0.2, 0.25) is 0 Å². The zero-order valence-electron chi connectivity index (χ0n) is 13.0. The lowest BCUT2D eigenvalue weighted by Crippen LogP contribution is -2.35. The van der Waals surface area contributed by atoms with Crippen LogP contribution in [0.15, 0.2) is 29.6 Å². The molecule has 0 aliphatic carbocycles. The molecule has 2 aliphatic rings. The van der Waals surface area contributed by atoms with Gasteiger partial charge in [0, 0.05) is 47.1 Å². The maximum absolute atomic E-state index is 13.0. The van der Waals surface area contributed by atoms with Gasteiger partial charge in [-0.15, -0.1) is 11.3 Å². The van der Waals surface area contributed by atoms with Crippen LogP contribution in [-0.4, -0.2) is 35.5 Å². The van der Waals surface area contributed by atoms with E-state index in [0.717, 1.165) is 11.9 Å². The molecule has 5 nitrogen and oxygen atoms in total. The van der Waals surface area contributed by atoms with Crippen molar-refractivity contribution in [1.82, 2.24) is 9.88 Å². The minimum atomic E-state index is 0.0303. The van der Waals surface area contributed by atoms with Crippen LogP contribution in [0.5, 0.6) is 11.5 Å². The summed E-state index contributed by atoms with van der Waals surface area (Å²) in [7, 11) is 0. The molecule has 2 aromatic heterocycles. The van der Waals surface area contributed by atoms with E-state index in [0.29, 0.717) is 42.7 Å². The molecule has 2 aliphatic heterocycles. The number of H-pyrrole nitrogens is 1. The average molecular weight is 340 g/mol. The lowest BCUT2D eigenvalue weighted by Gasteiger charge is -2.27. The molecule has 0 radical (unpaired) electrons. The molecule has 4 heterocycles. The Balaban J connectivity index is 1.48. The average Bonchev–Trinajstić information content (AvgIpc) is 3.22. The highest BCUT2D eigenvalue weighted by Crippen LogP contribution is 2.40. The van der Waals surface area contributed by atoms with E-state index in [-0.39, 0.29) is 5.91 Å². The minimum absolute atomic E-state index is 0.0303. The number of nitrogens with zero attached hydrogens (tertiary/aromatic N) is 1. The van der Waals surface area contributed by atoms with Crippen molar-refractivity contribution in [3.05, 3.63) is 45.8 Å². The van der Waals surface area contributed by atoms with Crippen molar-refractivity contribution in [2.45, 2.75) is 13.0 Å². The standard InChI is InChI=1S/C18H16N2O3S/c21-18(17-16-15(10-24-17)22-7-8-23-16)20-6-5-14-12(9-20)11-3-1-2-4-13(11)19-14/h1-4,10,19H,5-9H2. The molecule has 0 atom stereocenters. The number of nitrogens with one attached hydrogen (secondary N) is 1. The Bertz CT molecular complexity index is 943. The summed E-state index contributed by atoms with van der Waals surface area (Å²) in [4.78, 5) is 19.0. The molecule has 0 fully saturated rings. The first-order valence-electron chi connectivity index (χ1n) is 8.06. The molecule has 24 heavy (non-hydrogen) atoms. The fourth-order valence-electron chi connectivity index (χ4n) is 3.49. The summed E-state index contributed by atoms with van der Waals surface area (Å²) in [5, 5.41) is 3.07. The second-order valence-electron chi connectivity index (χ2n) is 6.06. The maximum Gasteiger partial charge on any atom is 0.268 e. The van der Waals surface area contributed by atoms with Crippen LogP contribution in [0.1, 0.15) is 20.9 Å². The van der Waals surface area contributed by atoms with Gasteiger partial charge in [-0.1, -0.05) is 18.2 Å². The Morgan fingerprint density at radius 3 is 3.04 bits per heavy atom. The van der Waals surface area contributed by atoms with Crippen molar-refractivity contribution >= 4 is 28.1 Å². The van der Waals surface area contributed by atoms with Gasteiger partial charge in [-0.25, -0.2) is 0 Å². The summed E-state index contributed by atoms with van der Waals surface area (Å²) in [5.74, 6) is 1.34. The van der Waals surface area contributed by atoms with Crippen LogP contribution in [0.2, 0.25) is 0 Å². The first-order valence-corrected chi connectivity index (χ1v) is 8.94. The third-order valence-electron chi connectivity index (χ3n) is 4.67. The van der Waals surface area contributed by atoms with Crippen LogP contribution in [-0.2, 0) is 13.0 Å². The van der Waals surface area contributed by atoms with Gasteiger partial charge in [0.1, 0.15) is 18.1 Å². The number of thiophene rings is 1. The Labute approximate surface area is 142 Å². The second kappa shape index (κ2) is 5.27. The molecule has 122 valence electrons. The highest BCUT2D eigenvalue weighted by Gasteiger charge is 2.30. The molecule has 0 saturated carbocycles. The highest BCUT2D eigenvalue weighted by molar-refractivity contribution is 7.12. The van der Waals surface area contributed by atoms with E-state index in [1.807, 2.05) is 22.4 Å². The topological polar surface area (TPSA) is 54.6 Å². The number of hydrogen-bond acceptors (Lipinski definition) is 4. The van der Waals surface area contributed by atoms with E-state index in [9.17, 15) is 4.79 Å². The molecule has 6 heteroatoms. The molecule has 0 spiro atoms. The fraction of sp³-hybridized carbons (Fsp3) is 0.278. The van der Waals surface area contributed by atoms with Gasteiger partial charge in [0.05, 0.1) is 0 Å². The van der Waals surface area contributed by atoms with Crippen LogP contribution in [0, 0.1) is 0 Å². The summed E-state index contributed by atoms with van der Waals surface area (Å²) < 4.78 is 11.2. The third-order valence-corrected chi connectivity index (χ3v) is 5.59. The lowest BCUT2D eigenvalue weighted by molar-refractivity contribution is 0.0731. The van der Waals surface area contributed by atoms with Gasteiger partial charge >= 0.3 is 0 Å². The van der Waals surface area contributed by atoms with Crippen molar-refractivity contribution in [1.29, 1.82) is 0 Å². The molecular formula is C18H16N2O3S. The van der Waals surface area contributed by atoms with Gasteiger partial charge < -0.3 is 19.4 Å². The van der Waals surface area contributed by atoms with E-state index < -0.39 is 0 Å². The van der Waals surface area contributed by atoms with Crippen LogP contribution < -0.4 is 9.47 Å². The first kappa shape index (κ1) is 13.9. The van der Waals surface area contributed by atoms with Crippen molar-refractivity contribution in [3.63, 3.8) is 0 Å². The van der Waals surface area contributed by atoms with E-state index in [1.165, 1.54) is 28.0 Å². The second-order valence-corrected chi connectivity index (χ2v) is 6.94. The van der Waals surface area contributed by atoms with E-state index in [4.69, 9.17) is 9.47 Å². The van der Waals surface area contributed by atoms with Crippen LogP contribution >= 0.6 is 11.3 Å². The van der Waals surface area contributed by atoms with Crippen LogP contribution in [0.4, 0.5) is 0 Å². The quantitative estimate of drug-likeness (QED) is 0.740. The number of carbonyl (C=O) groups is 1. The van der Waals surface area contributed by atoms with Gasteiger partial charge in [-0.2, -0.15) is 0 Å². The Hall–Kier alpha value is -2.47. The molecule has 0 saturated heterocycles. The molecular weight excluding hydrogens is 324 g/mol. The molecule has 1 amide bonds. The number of benzene rings is 1. The van der Waals surface area contributed by atoms with Gasteiger partial charge in [0.15, 0.2) is 11.5 Å². The molecule has 5 rings (SSSR count). The van der Waals surface area contributed by atoms with Gasteiger partial charge in [-0.3, -0.25) is 4.79 Å². The minimum Gasteiger partial charge on any atom is -0.485 e. The monoisotopic (exact) mass is 340 g/mol. The summed E-state index contributed by atoms with van der Waals surface area (Å²) in [6.07, 6.45) is 0.848. The van der Waals surface area contributed by atoms with E-state index in [1.54, 1.807) is 0 Å². The Kier molecular flexibility index (Phi) is 3.06. The number of fused-ring (bicyclic) bond motifs is 4. The summed E-state index contributed by atoms with van der Waals surface area (Å²) in [5.41, 5.74) is 3.61. The summed E-state index contributed by atoms with van der Waals surface area (Å²) >= 11 is 1.41. The van der Waals surface area contributed by atoms with Crippen LogP contribution in [0.25, 0.3) is 10.9 Å². The van der Waals surface area contributed by atoms with Gasteiger partial charge in [-0.05, 0) is 6.07 Å². The summed E-state index contributed by atoms with van der Waals surface area (Å²) in [6, 6.07) is 8.27. The first-order chi connectivity index (χ1) is 11.8. The largest absolute Gasteiger partial charge is 0.485 e. The predicted molar refractivity (Wildman–Crippen MR) is 92.1 cm³/mol. The fourth-order valence-corrected chi connectivity index (χ4v) is 4.39. The normalized spacial score (nSPS) is 16.2. The van der Waals surface area contributed by atoms with Crippen molar-refractivity contribution in [3.8, 4) is 11.5 Å². The van der Waals surface area contributed by atoms with E-state index in [2.05, 4.69) is 17.1 Å². The van der Waals surface area contributed by atoms with Crippen LogP contribution in [0.3, 0.4) is 0 Å². The zero-order chi connectivity index (χ0) is 16.1. The summed E-state index contributed by atoms with van der Waals surface area (Å²) in [6.45, 7) is 2.38. The number of carbonyl (C=O) groups excluding carboxylic acids is 1. The smallest absolute Gasteiger partial charge is 0.268 e. The van der Waals surface area contributed by atoms with Crippen molar-refractivity contribution < 1.29 is 14.3 Å². The van der Waals surface area contributed by atoms with E-state index >= 15 is 0 Å². The highest BCUT2D eigenvalue weighted by atomic mass is 32.1. The van der Waals surface area contributed by atoms with Crippen molar-refractivity contribution in [2.75, 3.05) is 19.8 Å². The molecule has 1 N–H and O–H groups in total. The zero-order valence-corrected chi connectivity index (χ0v) is 13.8. The number of hydrogen-bond donors (Lipinski definition) is 1.